The number of fused-ring (bicyclic) bond motifs is 9. The Morgan fingerprint density at radius 2 is 1.82 bits per heavy atom. The third-order valence-corrected chi connectivity index (χ3v) is 11.8. The Morgan fingerprint density at radius 1 is 1.10 bits per heavy atom. The number of aromatic amines is 1. The number of carboxylic acids is 1. The number of halogens is 1. The van der Waals surface area contributed by atoms with Gasteiger partial charge in [-0.25, -0.2) is 0 Å². The molecular weight excluding hydrogens is 572 g/mol. The number of aryl methyl sites for hydroxylation is 1. The number of nitrogens with zero attached hydrogens (tertiary/aromatic N) is 1. The van der Waals surface area contributed by atoms with Gasteiger partial charge in [-0.05, 0) is 54.9 Å². The van der Waals surface area contributed by atoms with Crippen molar-refractivity contribution < 1.29 is 24.2 Å². The molecule has 206 valence electrons. The Bertz CT molecular complexity index is 1620. The summed E-state index contributed by atoms with van der Waals surface area (Å²) in [5.41, 5.74) is 3.04. The maximum Gasteiger partial charge on any atom is 0.323 e. The molecule has 3 aromatic rings. The molecule has 3 fully saturated rings. The maximum absolute atomic E-state index is 13.4. The normalized spacial score (nSPS) is 29.9. The van der Waals surface area contributed by atoms with Crippen molar-refractivity contribution in [2.45, 2.75) is 36.1 Å². The van der Waals surface area contributed by atoms with Crippen LogP contribution in [0.25, 0.3) is 0 Å². The molecule has 4 aliphatic rings. The van der Waals surface area contributed by atoms with Crippen LogP contribution in [-0.2, 0) is 21.0 Å². The highest BCUT2D eigenvalue weighted by atomic mass is 35.5. The Balaban J connectivity index is 1.30. The van der Waals surface area contributed by atoms with E-state index in [0.717, 1.165) is 31.5 Å². The summed E-state index contributed by atoms with van der Waals surface area (Å²) < 4.78 is 6.36. The Morgan fingerprint density at radius 3 is 2.55 bits per heavy atom. The molecule has 2 aliphatic carbocycles. The van der Waals surface area contributed by atoms with Crippen molar-refractivity contribution in [1.82, 2.24) is 9.88 Å². The van der Waals surface area contributed by atoms with Crippen molar-refractivity contribution in [2.24, 2.45) is 29.6 Å². The summed E-state index contributed by atoms with van der Waals surface area (Å²) in [5, 5.41) is 10.6. The number of H-pyrrole nitrogens is 1. The number of rotatable bonds is 6. The summed E-state index contributed by atoms with van der Waals surface area (Å²) in [6, 6.07) is 13.6. The van der Waals surface area contributed by atoms with Crippen LogP contribution in [0.5, 0.6) is 5.75 Å². The van der Waals surface area contributed by atoms with Gasteiger partial charge in [0, 0.05) is 26.6 Å². The van der Waals surface area contributed by atoms with Crippen molar-refractivity contribution in [2.75, 3.05) is 6.54 Å². The molecule has 2 amide bonds. The van der Waals surface area contributed by atoms with E-state index < -0.39 is 24.3 Å². The quantitative estimate of drug-likeness (QED) is 0.401. The fraction of sp³-hybridized carbons (Fsp3) is 0.379. The number of thiazole rings is 1. The molecule has 40 heavy (non-hydrogen) atoms. The summed E-state index contributed by atoms with van der Waals surface area (Å²) >= 11 is 9.28. The number of aliphatic carboxylic acids is 1. The minimum Gasteiger partial charge on any atom is -0.489 e. The fourth-order valence-electron chi connectivity index (χ4n) is 7.46. The van der Waals surface area contributed by atoms with E-state index in [1.165, 1.54) is 11.3 Å². The number of aromatic nitrogens is 1. The summed E-state index contributed by atoms with van der Waals surface area (Å²) in [5.74, 6) is -2.89. The molecule has 2 aromatic carbocycles. The molecule has 3 heterocycles. The smallest absolute Gasteiger partial charge is 0.323 e. The molecule has 2 N–H and O–H groups in total. The summed E-state index contributed by atoms with van der Waals surface area (Å²) in [6.45, 7) is 1.78. The van der Waals surface area contributed by atoms with Crippen LogP contribution in [0, 0.1) is 36.5 Å². The number of hydrogen-bond acceptors (Lipinski definition) is 7. The van der Waals surface area contributed by atoms with Crippen molar-refractivity contribution in [1.29, 1.82) is 0 Å². The highest BCUT2D eigenvalue weighted by Crippen LogP contribution is 2.69. The predicted molar refractivity (Wildman–Crippen MR) is 150 cm³/mol. The van der Waals surface area contributed by atoms with Gasteiger partial charge in [0.05, 0.1) is 16.9 Å². The van der Waals surface area contributed by atoms with Crippen LogP contribution in [0.2, 0.25) is 5.02 Å². The third-order valence-electron chi connectivity index (χ3n) is 8.93. The number of carbonyl (C=O) groups is 3. The van der Waals surface area contributed by atoms with Crippen LogP contribution < -0.4 is 9.61 Å². The average molecular weight is 597 g/mol. The lowest BCUT2D eigenvalue weighted by Crippen LogP contribution is -2.42. The lowest BCUT2D eigenvalue weighted by Gasteiger charge is -2.43. The van der Waals surface area contributed by atoms with Crippen molar-refractivity contribution in [3.05, 3.63) is 78.7 Å². The lowest BCUT2D eigenvalue weighted by atomic mass is 9.68. The molecule has 2 saturated carbocycles. The number of thioether (sulfide) groups is 1. The van der Waals surface area contributed by atoms with Crippen molar-refractivity contribution in [3.8, 4) is 5.75 Å². The monoisotopic (exact) mass is 596 g/mol. The minimum atomic E-state index is -1.20. The minimum absolute atomic E-state index is 0.0144. The van der Waals surface area contributed by atoms with E-state index in [1.54, 1.807) is 17.8 Å². The van der Waals surface area contributed by atoms with E-state index >= 15 is 0 Å². The fourth-order valence-corrected chi connectivity index (χ4v) is 10.5. The van der Waals surface area contributed by atoms with Gasteiger partial charge in [0.25, 0.3) is 0 Å². The van der Waals surface area contributed by atoms with E-state index in [1.807, 2.05) is 43.3 Å². The zero-order valence-corrected chi connectivity index (χ0v) is 23.7. The molecule has 0 spiro atoms. The molecule has 1 aromatic heterocycles. The van der Waals surface area contributed by atoms with Crippen LogP contribution in [0.3, 0.4) is 0 Å². The van der Waals surface area contributed by atoms with Crippen LogP contribution in [-0.4, -0.2) is 44.6 Å². The summed E-state index contributed by atoms with van der Waals surface area (Å²) in [4.78, 5) is 55.4. The van der Waals surface area contributed by atoms with Gasteiger partial charge in [0.2, 0.25) is 11.8 Å². The molecule has 7 rings (SSSR count). The second-order valence-corrected chi connectivity index (χ2v) is 13.7. The Labute approximate surface area is 242 Å². The number of hydrogen-bond donors (Lipinski definition) is 2. The first-order valence-corrected chi connectivity index (χ1v) is 15.2. The van der Waals surface area contributed by atoms with Crippen molar-refractivity contribution >= 4 is 52.5 Å². The molecule has 11 heteroatoms. The molecule has 1 saturated heterocycles. The second kappa shape index (κ2) is 9.49. The first-order chi connectivity index (χ1) is 19.2. The van der Waals surface area contributed by atoms with Gasteiger partial charge < -0.3 is 14.8 Å². The summed E-state index contributed by atoms with van der Waals surface area (Å²) in [6.07, 6.45) is 0.714. The second-order valence-electron chi connectivity index (χ2n) is 11.1. The van der Waals surface area contributed by atoms with Crippen LogP contribution in [0.1, 0.15) is 33.9 Å². The standard InChI is InChI=1S/C29H25ClN2O6S2/c1-12-2-4-13(5-3-12)11-38-18-7-6-14(30)8-15(18)20-21-16-9-17(24(21)39-26-25(20)40-29(37)31-26)23-22(16)27(35)32(28(23)36)10-19(33)34/h2-8,16-17,20-24H,9-11H2,1H3,(H,31,37)(H,33,34)/t16?,17?,20-,21?,22?,23?,24?/m1/s1. The van der Waals surface area contributed by atoms with Gasteiger partial charge in [0.15, 0.2) is 0 Å². The number of carboxylic acid groups (broad SMARTS) is 1. The number of carbonyl (C=O) groups excluding carboxylic acids is 2. The van der Waals surface area contributed by atoms with Crippen LogP contribution in [0.4, 0.5) is 0 Å². The molecule has 0 radical (unpaired) electrons. The van der Waals surface area contributed by atoms with E-state index in [0.29, 0.717) is 23.8 Å². The van der Waals surface area contributed by atoms with Gasteiger partial charge in [-0.15, -0.1) is 11.8 Å². The first kappa shape index (κ1) is 25.9. The van der Waals surface area contributed by atoms with Gasteiger partial charge in [-0.2, -0.15) is 0 Å². The van der Waals surface area contributed by atoms with Crippen molar-refractivity contribution in [3.63, 3.8) is 0 Å². The highest BCUT2D eigenvalue weighted by Gasteiger charge is 2.69. The Hall–Kier alpha value is -3.08. The predicted octanol–water partition coefficient (Wildman–Crippen LogP) is 4.54. The maximum atomic E-state index is 13.4. The number of likely N-dealkylation sites (tertiary alicyclic amines) is 1. The topological polar surface area (TPSA) is 117 Å². The van der Waals surface area contributed by atoms with E-state index in [-0.39, 0.29) is 45.6 Å². The van der Waals surface area contributed by atoms with Crippen LogP contribution in [0.15, 0.2) is 52.3 Å². The molecule has 7 atom stereocenters. The van der Waals surface area contributed by atoms with Gasteiger partial charge in [-0.1, -0.05) is 52.8 Å². The molecular formula is C29H25ClN2O6S2. The zero-order chi connectivity index (χ0) is 27.9. The molecule has 2 bridgehead atoms. The first-order valence-electron chi connectivity index (χ1n) is 13.2. The largest absolute Gasteiger partial charge is 0.489 e. The lowest BCUT2D eigenvalue weighted by molar-refractivity contribution is -0.149. The molecule has 2 aliphatic heterocycles. The molecule has 6 unspecified atom stereocenters. The SMILES string of the molecule is Cc1ccc(COc2ccc(Cl)cc2[C@H]2c3sc(=O)[nH]c3SC3C4CC(C5C(=O)N(CC(=O)O)C(=O)C45)C32)cc1. The highest BCUT2D eigenvalue weighted by molar-refractivity contribution is 8.00. The van der Waals surface area contributed by atoms with Crippen LogP contribution >= 0.6 is 34.7 Å². The van der Waals surface area contributed by atoms with E-state index in [2.05, 4.69) is 4.98 Å². The number of imide groups is 1. The molecule has 8 nitrogen and oxygen atoms in total. The average Bonchev–Trinajstić information content (AvgIpc) is 3.64. The van der Waals surface area contributed by atoms with Gasteiger partial charge in [-0.3, -0.25) is 24.1 Å². The third kappa shape index (κ3) is 3.94. The van der Waals surface area contributed by atoms with E-state index in [9.17, 15) is 24.3 Å². The van der Waals surface area contributed by atoms with E-state index in [4.69, 9.17) is 16.3 Å². The van der Waals surface area contributed by atoms with Gasteiger partial charge in [0.1, 0.15) is 18.9 Å². The summed E-state index contributed by atoms with van der Waals surface area (Å²) in [7, 11) is 0. The number of amides is 2. The Kier molecular flexibility index (Phi) is 6.14. The number of ether oxygens (including phenoxy) is 1. The zero-order valence-electron chi connectivity index (χ0n) is 21.3. The number of benzene rings is 2. The van der Waals surface area contributed by atoms with Gasteiger partial charge >= 0.3 is 10.8 Å². The number of nitrogens with one attached hydrogen (secondary N) is 1.